The van der Waals surface area contributed by atoms with Crippen LogP contribution >= 0.6 is 0 Å². The molecule has 1 aromatic rings. The number of nitrogens with zero attached hydrogens (tertiary/aromatic N) is 1. The normalized spacial score (nSPS) is 23.1. The number of nitrogens with one attached hydrogen (secondary N) is 1. The fourth-order valence-corrected chi connectivity index (χ4v) is 4.17. The zero-order valence-electron chi connectivity index (χ0n) is 16.2. The molecule has 1 spiro atoms. The number of benzene rings is 1. The Balaban J connectivity index is 1.55. The second-order valence-corrected chi connectivity index (χ2v) is 8.89. The number of urea groups is 1. The van der Waals surface area contributed by atoms with E-state index in [1.54, 1.807) is 12.1 Å². The van der Waals surface area contributed by atoms with E-state index >= 15 is 0 Å². The highest BCUT2D eigenvalue weighted by Crippen LogP contribution is 2.38. The van der Waals surface area contributed by atoms with Gasteiger partial charge in [0.15, 0.2) is 0 Å². The molecule has 2 amide bonds. The van der Waals surface area contributed by atoms with Crippen LogP contribution in [-0.4, -0.2) is 41.8 Å². The Labute approximate surface area is 156 Å². The minimum absolute atomic E-state index is 0.0134. The number of amides is 2. The van der Waals surface area contributed by atoms with E-state index in [0.717, 1.165) is 57.4 Å². The van der Waals surface area contributed by atoms with Gasteiger partial charge in [0.2, 0.25) is 0 Å². The molecule has 2 fully saturated rings. The van der Waals surface area contributed by atoms with Crippen molar-refractivity contribution in [1.29, 1.82) is 0 Å². The van der Waals surface area contributed by atoms with Crippen LogP contribution in [0.1, 0.15) is 52.0 Å². The predicted octanol–water partition coefficient (Wildman–Crippen LogP) is 4.14. The molecular weight excluding hydrogens is 331 g/mol. The number of carbonyl (C=O) groups is 1. The van der Waals surface area contributed by atoms with Crippen molar-refractivity contribution in [3.8, 4) is 0 Å². The van der Waals surface area contributed by atoms with E-state index in [1.165, 1.54) is 6.07 Å². The van der Waals surface area contributed by atoms with Crippen molar-refractivity contribution in [1.82, 2.24) is 10.2 Å². The van der Waals surface area contributed by atoms with Gasteiger partial charge >= 0.3 is 6.03 Å². The van der Waals surface area contributed by atoms with Gasteiger partial charge in [0.05, 0.1) is 5.60 Å². The number of hydrogen-bond acceptors (Lipinski definition) is 2. The van der Waals surface area contributed by atoms with E-state index in [9.17, 15) is 9.18 Å². The third kappa shape index (κ3) is 4.97. The highest BCUT2D eigenvalue weighted by Gasteiger charge is 2.41. The molecule has 1 unspecified atom stereocenters. The Hall–Kier alpha value is -1.62. The quantitative estimate of drug-likeness (QED) is 0.859. The maximum absolute atomic E-state index is 13.4. The van der Waals surface area contributed by atoms with Crippen LogP contribution in [0.2, 0.25) is 0 Å². The smallest absolute Gasteiger partial charge is 0.317 e. The van der Waals surface area contributed by atoms with Crippen LogP contribution in [0.15, 0.2) is 24.3 Å². The molecule has 2 aliphatic rings. The Morgan fingerprint density at radius 2 is 2.08 bits per heavy atom. The third-order valence-corrected chi connectivity index (χ3v) is 5.45. The lowest BCUT2D eigenvalue weighted by atomic mass is 9.77. The van der Waals surface area contributed by atoms with Gasteiger partial charge in [-0.2, -0.15) is 0 Å². The topological polar surface area (TPSA) is 41.6 Å². The Morgan fingerprint density at radius 3 is 2.73 bits per heavy atom. The van der Waals surface area contributed by atoms with Gasteiger partial charge in [-0.3, -0.25) is 0 Å². The van der Waals surface area contributed by atoms with E-state index < -0.39 is 0 Å². The maximum atomic E-state index is 13.4. The van der Waals surface area contributed by atoms with E-state index in [2.05, 4.69) is 5.32 Å². The first-order valence-electron chi connectivity index (χ1n) is 9.70. The van der Waals surface area contributed by atoms with Gasteiger partial charge in [0.1, 0.15) is 5.82 Å². The van der Waals surface area contributed by atoms with Crippen LogP contribution in [0.25, 0.3) is 0 Å². The van der Waals surface area contributed by atoms with E-state index in [0.29, 0.717) is 5.92 Å². The summed E-state index contributed by atoms with van der Waals surface area (Å²) >= 11 is 0. The molecule has 0 bridgehead atoms. The van der Waals surface area contributed by atoms with Gasteiger partial charge in [-0.05, 0) is 76.5 Å². The molecule has 26 heavy (non-hydrogen) atoms. The summed E-state index contributed by atoms with van der Waals surface area (Å²) in [4.78, 5) is 14.3. The summed E-state index contributed by atoms with van der Waals surface area (Å²) in [5.41, 5.74) is 0.729. The van der Waals surface area contributed by atoms with Gasteiger partial charge in [0, 0.05) is 25.2 Å². The third-order valence-electron chi connectivity index (χ3n) is 5.45. The molecule has 2 saturated heterocycles. The summed E-state index contributed by atoms with van der Waals surface area (Å²) in [6.07, 6.45) is 4.68. The molecule has 1 aromatic carbocycles. The van der Waals surface area contributed by atoms with Crippen LogP contribution in [0.5, 0.6) is 0 Å². The van der Waals surface area contributed by atoms with Crippen LogP contribution < -0.4 is 5.32 Å². The number of halogens is 1. The standard InChI is InChI=1S/C21H31FN2O2/c1-20(2,3)23-19(25)24-10-8-21(9-11-24)15-17(7-12-26-21)13-16-5-4-6-18(22)14-16/h4-6,14,17H,7-13,15H2,1-3H3,(H,23,25). The first kappa shape index (κ1) is 19.2. The fraction of sp³-hybridized carbons (Fsp3) is 0.667. The lowest BCUT2D eigenvalue weighted by Gasteiger charge is -2.46. The van der Waals surface area contributed by atoms with Crippen LogP contribution in [0.4, 0.5) is 9.18 Å². The van der Waals surface area contributed by atoms with Crippen molar-refractivity contribution in [3.63, 3.8) is 0 Å². The summed E-state index contributed by atoms with van der Waals surface area (Å²) in [5.74, 6) is 0.350. The summed E-state index contributed by atoms with van der Waals surface area (Å²) in [6, 6.07) is 6.94. The molecule has 0 saturated carbocycles. The van der Waals surface area contributed by atoms with Crippen molar-refractivity contribution in [3.05, 3.63) is 35.6 Å². The van der Waals surface area contributed by atoms with E-state index in [-0.39, 0.29) is 23.0 Å². The number of likely N-dealkylation sites (tertiary alicyclic amines) is 1. The average molecular weight is 362 g/mol. The predicted molar refractivity (Wildman–Crippen MR) is 101 cm³/mol. The Kier molecular flexibility index (Phi) is 5.56. The second kappa shape index (κ2) is 7.55. The molecule has 0 aromatic heterocycles. The first-order valence-corrected chi connectivity index (χ1v) is 9.70. The highest BCUT2D eigenvalue weighted by atomic mass is 19.1. The average Bonchev–Trinajstić information content (AvgIpc) is 2.54. The number of ether oxygens (including phenoxy) is 1. The molecule has 5 heteroatoms. The highest BCUT2D eigenvalue weighted by molar-refractivity contribution is 5.75. The van der Waals surface area contributed by atoms with Gasteiger partial charge in [-0.25, -0.2) is 9.18 Å². The molecule has 2 heterocycles. The molecule has 3 rings (SSSR count). The SMILES string of the molecule is CC(C)(C)NC(=O)N1CCC2(CC1)CC(Cc1cccc(F)c1)CCO2. The Morgan fingerprint density at radius 1 is 1.35 bits per heavy atom. The molecule has 4 nitrogen and oxygen atoms in total. The van der Waals surface area contributed by atoms with Crippen molar-refractivity contribution >= 4 is 6.03 Å². The molecular formula is C21H31FN2O2. The monoisotopic (exact) mass is 362 g/mol. The number of carbonyl (C=O) groups excluding carboxylic acids is 1. The minimum Gasteiger partial charge on any atom is -0.375 e. The molecule has 0 radical (unpaired) electrons. The second-order valence-electron chi connectivity index (χ2n) is 8.89. The number of piperidine rings is 1. The summed E-state index contributed by atoms with van der Waals surface area (Å²) < 4.78 is 19.6. The van der Waals surface area contributed by atoms with E-state index in [1.807, 2.05) is 31.7 Å². The van der Waals surface area contributed by atoms with Gasteiger partial charge in [0.25, 0.3) is 0 Å². The zero-order valence-corrected chi connectivity index (χ0v) is 16.2. The lowest BCUT2D eigenvalue weighted by molar-refractivity contribution is -0.122. The van der Waals surface area contributed by atoms with Crippen molar-refractivity contribution in [2.45, 2.75) is 64.0 Å². The van der Waals surface area contributed by atoms with E-state index in [4.69, 9.17) is 4.74 Å². The molecule has 0 aliphatic carbocycles. The zero-order chi connectivity index (χ0) is 18.8. The van der Waals surface area contributed by atoms with Gasteiger partial charge < -0.3 is 15.0 Å². The van der Waals surface area contributed by atoms with Crippen molar-refractivity contribution in [2.75, 3.05) is 19.7 Å². The van der Waals surface area contributed by atoms with Crippen molar-refractivity contribution < 1.29 is 13.9 Å². The lowest BCUT2D eigenvalue weighted by Crippen LogP contribution is -2.55. The van der Waals surface area contributed by atoms with Gasteiger partial charge in [-0.15, -0.1) is 0 Å². The summed E-state index contributed by atoms with van der Waals surface area (Å²) in [7, 11) is 0. The maximum Gasteiger partial charge on any atom is 0.317 e. The summed E-state index contributed by atoms with van der Waals surface area (Å²) in [5, 5.41) is 3.04. The number of hydrogen-bond donors (Lipinski definition) is 1. The van der Waals surface area contributed by atoms with Crippen LogP contribution in [0.3, 0.4) is 0 Å². The van der Waals surface area contributed by atoms with Gasteiger partial charge in [-0.1, -0.05) is 12.1 Å². The molecule has 1 atom stereocenters. The number of rotatable bonds is 2. The fourth-order valence-electron chi connectivity index (χ4n) is 4.17. The summed E-state index contributed by atoms with van der Waals surface area (Å²) in [6.45, 7) is 8.21. The van der Waals surface area contributed by atoms with Crippen LogP contribution in [0, 0.1) is 11.7 Å². The first-order chi connectivity index (χ1) is 12.2. The molecule has 1 N–H and O–H groups in total. The molecule has 2 aliphatic heterocycles. The largest absolute Gasteiger partial charge is 0.375 e. The Bertz CT molecular complexity index is 633. The molecule has 144 valence electrons. The van der Waals surface area contributed by atoms with Crippen molar-refractivity contribution in [2.24, 2.45) is 5.92 Å². The van der Waals surface area contributed by atoms with Crippen LogP contribution in [-0.2, 0) is 11.2 Å². The minimum atomic E-state index is -0.219.